The van der Waals surface area contributed by atoms with E-state index in [0.717, 1.165) is 0 Å². The molecule has 2 heterocycles. The molecule has 0 saturated heterocycles. The van der Waals surface area contributed by atoms with E-state index < -0.39 is 10.0 Å². The number of pyridine rings is 1. The molecule has 1 aliphatic heterocycles. The van der Waals surface area contributed by atoms with Crippen LogP contribution in [0.1, 0.15) is 6.42 Å². The van der Waals surface area contributed by atoms with Crippen LogP contribution in [0.25, 0.3) is 0 Å². The molecular weight excluding hydrogens is 290 g/mol. The molecule has 21 heavy (non-hydrogen) atoms. The maximum absolute atomic E-state index is 12.9. The van der Waals surface area contributed by atoms with Crippen molar-refractivity contribution in [1.29, 1.82) is 0 Å². The first-order chi connectivity index (χ1) is 10.1. The molecular formula is C14H15N3O3S. The lowest BCUT2D eigenvalue weighted by atomic mass is 10.3. The molecule has 0 radical (unpaired) electrons. The van der Waals surface area contributed by atoms with E-state index >= 15 is 0 Å². The van der Waals surface area contributed by atoms with Crippen LogP contribution < -0.4 is 14.8 Å². The van der Waals surface area contributed by atoms with E-state index in [1.165, 1.54) is 16.6 Å². The number of benzene rings is 1. The summed E-state index contributed by atoms with van der Waals surface area (Å²) in [6, 6.07) is 10.1. The highest BCUT2D eigenvalue weighted by Gasteiger charge is 2.30. The second-order valence-electron chi connectivity index (χ2n) is 4.63. The van der Waals surface area contributed by atoms with Crippen LogP contribution in [0.3, 0.4) is 0 Å². The van der Waals surface area contributed by atoms with Crippen molar-refractivity contribution in [1.82, 2.24) is 4.98 Å². The Morgan fingerprint density at radius 2 is 2.00 bits per heavy atom. The molecule has 1 aromatic heterocycles. The number of hydrogen-bond acceptors (Lipinski definition) is 5. The van der Waals surface area contributed by atoms with Crippen LogP contribution in [0.2, 0.25) is 0 Å². The Bertz CT molecular complexity index is 762. The van der Waals surface area contributed by atoms with Gasteiger partial charge in [0.1, 0.15) is 16.5 Å². The number of hydrogen-bond donors (Lipinski definition) is 1. The van der Waals surface area contributed by atoms with E-state index in [-0.39, 0.29) is 10.7 Å². The van der Waals surface area contributed by atoms with Crippen molar-refractivity contribution in [2.75, 3.05) is 23.2 Å². The summed E-state index contributed by atoms with van der Waals surface area (Å²) in [5.74, 6) is 0.557. The SMILES string of the molecule is Nc1ncccc1S(=O)(=O)N1CCCOc2ccccc21. The number of fused-ring (bicyclic) bond motifs is 1. The van der Waals surface area contributed by atoms with Crippen molar-refractivity contribution >= 4 is 21.5 Å². The Kier molecular flexibility index (Phi) is 3.42. The second kappa shape index (κ2) is 5.25. The number of para-hydroxylation sites is 2. The molecule has 0 bridgehead atoms. The van der Waals surface area contributed by atoms with Crippen LogP contribution in [-0.2, 0) is 10.0 Å². The average Bonchev–Trinajstić information content (AvgIpc) is 2.70. The van der Waals surface area contributed by atoms with Crippen LogP contribution in [0.15, 0.2) is 47.5 Å². The normalized spacial score (nSPS) is 15.0. The quantitative estimate of drug-likeness (QED) is 0.911. The molecule has 7 heteroatoms. The summed E-state index contributed by atoms with van der Waals surface area (Å²) in [7, 11) is -3.76. The topological polar surface area (TPSA) is 85.5 Å². The predicted molar refractivity (Wildman–Crippen MR) is 79.7 cm³/mol. The summed E-state index contributed by atoms with van der Waals surface area (Å²) in [6.07, 6.45) is 2.07. The van der Waals surface area contributed by atoms with Gasteiger partial charge in [-0.3, -0.25) is 4.31 Å². The molecule has 2 aromatic rings. The molecule has 0 fully saturated rings. The lowest BCUT2D eigenvalue weighted by molar-refractivity contribution is 0.322. The average molecular weight is 305 g/mol. The van der Waals surface area contributed by atoms with Crippen molar-refractivity contribution in [3.63, 3.8) is 0 Å². The first kappa shape index (κ1) is 13.7. The number of ether oxygens (including phenoxy) is 1. The lowest BCUT2D eigenvalue weighted by Gasteiger charge is -2.23. The highest BCUT2D eigenvalue weighted by atomic mass is 32.2. The third-order valence-electron chi connectivity index (χ3n) is 3.26. The molecule has 2 N–H and O–H groups in total. The van der Waals surface area contributed by atoms with Crippen molar-refractivity contribution in [3.8, 4) is 5.75 Å². The number of nitrogen functional groups attached to an aromatic ring is 1. The van der Waals surface area contributed by atoms with Crippen LogP contribution in [0.5, 0.6) is 5.75 Å². The Hall–Kier alpha value is -2.28. The van der Waals surface area contributed by atoms with Crippen molar-refractivity contribution in [2.24, 2.45) is 0 Å². The van der Waals surface area contributed by atoms with E-state index in [2.05, 4.69) is 4.98 Å². The zero-order valence-electron chi connectivity index (χ0n) is 11.3. The summed E-state index contributed by atoms with van der Waals surface area (Å²) in [6.45, 7) is 0.819. The highest BCUT2D eigenvalue weighted by molar-refractivity contribution is 7.93. The summed E-state index contributed by atoms with van der Waals surface area (Å²) >= 11 is 0. The van der Waals surface area contributed by atoms with Gasteiger partial charge in [0, 0.05) is 19.2 Å². The number of anilines is 2. The molecule has 0 unspecified atom stereocenters. The smallest absolute Gasteiger partial charge is 0.268 e. The fourth-order valence-electron chi connectivity index (χ4n) is 2.29. The van der Waals surface area contributed by atoms with Gasteiger partial charge in [-0.1, -0.05) is 12.1 Å². The van der Waals surface area contributed by atoms with E-state index in [1.54, 1.807) is 24.3 Å². The lowest BCUT2D eigenvalue weighted by Crippen LogP contribution is -2.32. The molecule has 6 nitrogen and oxygen atoms in total. The van der Waals surface area contributed by atoms with E-state index in [0.29, 0.717) is 31.0 Å². The standard InChI is InChI=1S/C14H15N3O3S/c15-14-13(7-3-8-16-14)21(18,19)17-9-4-10-20-12-6-2-1-5-11(12)17/h1-3,5-8H,4,9-10H2,(H2,15,16). The highest BCUT2D eigenvalue weighted by Crippen LogP contribution is 2.35. The van der Waals surface area contributed by atoms with Crippen LogP contribution in [0, 0.1) is 0 Å². The fraction of sp³-hybridized carbons (Fsp3) is 0.214. The summed E-state index contributed by atoms with van der Waals surface area (Å²) in [4.78, 5) is 3.88. The molecule has 3 rings (SSSR count). The zero-order valence-corrected chi connectivity index (χ0v) is 12.1. The van der Waals surface area contributed by atoms with Crippen molar-refractivity contribution in [2.45, 2.75) is 11.3 Å². The monoisotopic (exact) mass is 305 g/mol. The van der Waals surface area contributed by atoms with E-state index in [9.17, 15) is 8.42 Å². The molecule has 0 atom stereocenters. The largest absolute Gasteiger partial charge is 0.491 e. The van der Waals surface area contributed by atoms with Gasteiger partial charge in [-0.05, 0) is 24.3 Å². The van der Waals surface area contributed by atoms with Crippen LogP contribution in [0.4, 0.5) is 11.5 Å². The first-order valence-electron chi connectivity index (χ1n) is 6.56. The third-order valence-corrected chi connectivity index (χ3v) is 5.13. The van der Waals surface area contributed by atoms with E-state index in [4.69, 9.17) is 10.5 Å². The third kappa shape index (κ3) is 2.40. The van der Waals surface area contributed by atoms with Crippen LogP contribution >= 0.6 is 0 Å². The molecule has 1 aliphatic rings. The van der Waals surface area contributed by atoms with Crippen LogP contribution in [-0.4, -0.2) is 26.6 Å². The molecule has 0 spiro atoms. The molecule has 0 aliphatic carbocycles. The number of aromatic nitrogens is 1. The number of sulfonamides is 1. The summed E-state index contributed by atoms with van der Waals surface area (Å²) < 4.78 is 32.7. The van der Waals surface area contributed by atoms with Gasteiger partial charge >= 0.3 is 0 Å². The van der Waals surface area contributed by atoms with Gasteiger partial charge in [0.15, 0.2) is 0 Å². The minimum absolute atomic E-state index is 0.000136. The maximum atomic E-state index is 12.9. The minimum Gasteiger partial charge on any atom is -0.491 e. The molecule has 110 valence electrons. The van der Waals surface area contributed by atoms with Gasteiger partial charge < -0.3 is 10.5 Å². The summed E-state index contributed by atoms with van der Waals surface area (Å²) in [5.41, 5.74) is 6.25. The summed E-state index contributed by atoms with van der Waals surface area (Å²) in [5, 5.41) is 0. The second-order valence-corrected chi connectivity index (χ2v) is 6.46. The fourth-order valence-corrected chi connectivity index (χ4v) is 3.87. The number of rotatable bonds is 2. The van der Waals surface area contributed by atoms with Gasteiger partial charge in [0.05, 0.1) is 12.3 Å². The number of nitrogens with zero attached hydrogens (tertiary/aromatic N) is 2. The number of nitrogens with two attached hydrogens (primary N) is 1. The van der Waals surface area contributed by atoms with Gasteiger partial charge in [0.2, 0.25) is 0 Å². The maximum Gasteiger partial charge on any atom is 0.268 e. The first-order valence-corrected chi connectivity index (χ1v) is 8.00. The van der Waals surface area contributed by atoms with Crippen molar-refractivity contribution in [3.05, 3.63) is 42.6 Å². The van der Waals surface area contributed by atoms with Gasteiger partial charge in [-0.2, -0.15) is 0 Å². The van der Waals surface area contributed by atoms with Gasteiger partial charge in [-0.15, -0.1) is 0 Å². The van der Waals surface area contributed by atoms with Gasteiger partial charge in [0.25, 0.3) is 10.0 Å². The predicted octanol–water partition coefficient (Wildman–Crippen LogP) is 1.64. The molecule has 0 amide bonds. The molecule has 1 aromatic carbocycles. The Labute approximate surface area is 123 Å². The van der Waals surface area contributed by atoms with E-state index in [1.807, 2.05) is 6.07 Å². The minimum atomic E-state index is -3.76. The van der Waals surface area contributed by atoms with Crippen molar-refractivity contribution < 1.29 is 13.2 Å². The van der Waals surface area contributed by atoms with Gasteiger partial charge in [-0.25, -0.2) is 13.4 Å². The Morgan fingerprint density at radius 1 is 1.19 bits per heavy atom. The molecule has 0 saturated carbocycles. The Balaban J connectivity index is 2.13. The Morgan fingerprint density at radius 3 is 2.81 bits per heavy atom. The zero-order chi connectivity index (χ0) is 14.9.